The molecule has 14 nitrogen and oxygen atoms in total. The Morgan fingerprint density at radius 1 is 0.857 bits per heavy atom. The summed E-state index contributed by atoms with van der Waals surface area (Å²) in [5.74, 6) is -5.42. The van der Waals surface area contributed by atoms with Gasteiger partial charge < -0.3 is 41.9 Å². The Bertz CT molecular complexity index is 759. The predicted molar refractivity (Wildman–Crippen MR) is 122 cm³/mol. The van der Waals surface area contributed by atoms with E-state index < -0.39 is 72.7 Å². The molecule has 0 spiro atoms. The number of aliphatic hydroxyl groups excluding tert-OH is 3. The third kappa shape index (κ3) is 11.7. The van der Waals surface area contributed by atoms with E-state index in [-0.39, 0.29) is 25.5 Å². The molecule has 0 saturated heterocycles. The maximum atomic E-state index is 12.6. The van der Waals surface area contributed by atoms with Gasteiger partial charge in [0.25, 0.3) is 5.91 Å². The second kappa shape index (κ2) is 16.5. The molecule has 0 aromatic rings. The Hall–Kier alpha value is -3.10. The van der Waals surface area contributed by atoms with Crippen LogP contribution in [-0.4, -0.2) is 101 Å². The van der Waals surface area contributed by atoms with Crippen LogP contribution in [0.5, 0.6) is 0 Å². The van der Waals surface area contributed by atoms with Crippen molar-refractivity contribution in [2.75, 3.05) is 26.3 Å². The smallest absolute Gasteiger partial charge is 0.289 e. The normalized spacial score (nSPS) is 14.9. The average Bonchev–Trinajstić information content (AvgIpc) is 2.81. The van der Waals surface area contributed by atoms with Crippen LogP contribution in [0.4, 0.5) is 0 Å². The van der Waals surface area contributed by atoms with Crippen molar-refractivity contribution in [1.29, 1.82) is 0 Å². The van der Waals surface area contributed by atoms with Crippen molar-refractivity contribution in [3.05, 3.63) is 0 Å². The van der Waals surface area contributed by atoms with Gasteiger partial charge in [-0.05, 0) is 19.3 Å². The number of hydrogen-bond acceptors (Lipinski definition) is 9. The molecule has 0 saturated carbocycles. The molecular formula is C21H37N5O9. The summed E-state index contributed by atoms with van der Waals surface area (Å²) in [4.78, 5) is 72.5. The highest BCUT2D eigenvalue weighted by Gasteiger charge is 2.32. The fourth-order valence-electron chi connectivity index (χ4n) is 2.81. The van der Waals surface area contributed by atoms with E-state index in [9.17, 15) is 39.0 Å². The molecule has 5 atom stereocenters. The van der Waals surface area contributed by atoms with Crippen LogP contribution >= 0.6 is 0 Å². The summed E-state index contributed by atoms with van der Waals surface area (Å²) in [6.45, 7) is 4.29. The number of hydrogen-bond donors (Lipinski definition) is 8. The van der Waals surface area contributed by atoms with Crippen LogP contribution in [0.1, 0.15) is 40.5 Å². The minimum atomic E-state index is -1.56. The van der Waals surface area contributed by atoms with Gasteiger partial charge in [0.15, 0.2) is 0 Å². The molecule has 1 unspecified atom stereocenters. The zero-order valence-corrected chi connectivity index (χ0v) is 20.4. The Morgan fingerprint density at radius 2 is 1.49 bits per heavy atom. The first-order chi connectivity index (χ1) is 16.4. The van der Waals surface area contributed by atoms with Gasteiger partial charge in [0.05, 0.1) is 19.3 Å². The molecular weight excluding hydrogens is 466 g/mol. The van der Waals surface area contributed by atoms with Crippen molar-refractivity contribution in [3.63, 3.8) is 0 Å². The van der Waals surface area contributed by atoms with Crippen molar-refractivity contribution < 1.29 is 44.1 Å². The van der Waals surface area contributed by atoms with Gasteiger partial charge in [-0.1, -0.05) is 20.3 Å². The highest BCUT2D eigenvalue weighted by Crippen LogP contribution is 2.09. The van der Waals surface area contributed by atoms with Crippen LogP contribution in [0.15, 0.2) is 0 Å². The van der Waals surface area contributed by atoms with Gasteiger partial charge in [0.2, 0.25) is 29.4 Å². The number of ketones is 1. The van der Waals surface area contributed by atoms with Crippen molar-refractivity contribution in [1.82, 2.24) is 26.6 Å². The minimum Gasteiger partial charge on any atom is -0.396 e. The monoisotopic (exact) mass is 503 g/mol. The van der Waals surface area contributed by atoms with Crippen LogP contribution in [-0.2, 0) is 28.8 Å². The first-order valence-electron chi connectivity index (χ1n) is 11.3. The second-order valence-electron chi connectivity index (χ2n) is 8.01. The van der Waals surface area contributed by atoms with E-state index in [0.29, 0.717) is 6.42 Å². The number of aliphatic hydroxyl groups is 3. The topological polar surface area (TPSA) is 223 Å². The fraction of sp³-hybridized carbons (Fsp3) is 0.714. The van der Waals surface area contributed by atoms with Crippen LogP contribution in [0.3, 0.4) is 0 Å². The minimum absolute atomic E-state index is 0.0233. The number of nitrogens with one attached hydrogen (secondary N) is 5. The molecule has 14 heteroatoms. The quantitative estimate of drug-likeness (QED) is 0.0759. The zero-order chi connectivity index (χ0) is 27.1. The van der Waals surface area contributed by atoms with Crippen LogP contribution in [0.25, 0.3) is 0 Å². The van der Waals surface area contributed by atoms with Gasteiger partial charge in [-0.25, -0.2) is 0 Å². The van der Waals surface area contributed by atoms with Crippen molar-refractivity contribution in [3.8, 4) is 0 Å². The third-order valence-electron chi connectivity index (χ3n) is 5.02. The molecule has 0 radical (unpaired) electrons. The number of Topliss-reactive ketones (excluding diaryl/α,β-unsaturated/α-hetero) is 1. The summed E-state index contributed by atoms with van der Waals surface area (Å²) in [6, 6.07) is -3.97. The van der Waals surface area contributed by atoms with E-state index in [2.05, 4.69) is 26.6 Å². The Labute approximate surface area is 203 Å². The second-order valence-corrected chi connectivity index (χ2v) is 8.01. The predicted octanol–water partition coefficient (Wildman–Crippen LogP) is -3.94. The highest BCUT2D eigenvalue weighted by atomic mass is 16.3. The van der Waals surface area contributed by atoms with Crippen LogP contribution in [0.2, 0.25) is 0 Å². The van der Waals surface area contributed by atoms with Crippen molar-refractivity contribution >= 4 is 35.3 Å². The summed E-state index contributed by atoms with van der Waals surface area (Å²) in [6.07, 6.45) is -0.592. The SMILES string of the molecule is CC[C@H](C)[C@H](NC(C)=O)C(=O)N[C@H](C(=O)NCC(=O)NC(CO)C(=O)C(=O)NCCCO)[C@@H](C)O. The molecule has 0 aromatic heterocycles. The summed E-state index contributed by atoms with van der Waals surface area (Å²) in [7, 11) is 0. The Balaban J connectivity index is 5.03. The standard InChI is InChI=1S/C21H37N5O9/c1-5-11(2)16(24-13(4)30)20(34)26-17(12(3)29)19(33)23-9-15(31)25-14(10-28)18(32)21(35)22-7-6-8-27/h11-12,14,16-17,27-29H,5-10H2,1-4H3,(H,22,35)(H,23,33)(H,24,30)(H,25,31)(H,26,34)/t11-,12+,14?,16-,17-/m0/s1. The largest absolute Gasteiger partial charge is 0.396 e. The lowest BCUT2D eigenvalue weighted by Gasteiger charge is -2.27. The Kier molecular flexibility index (Phi) is 15.1. The van der Waals surface area contributed by atoms with Gasteiger partial charge in [-0.3, -0.25) is 28.8 Å². The maximum Gasteiger partial charge on any atom is 0.289 e. The first-order valence-corrected chi connectivity index (χ1v) is 11.3. The van der Waals surface area contributed by atoms with Crippen LogP contribution in [0, 0.1) is 5.92 Å². The number of rotatable bonds is 16. The van der Waals surface area contributed by atoms with Crippen molar-refractivity contribution in [2.45, 2.75) is 64.8 Å². The first kappa shape index (κ1) is 31.9. The van der Waals surface area contributed by atoms with E-state index in [0.717, 1.165) is 0 Å². The van der Waals surface area contributed by atoms with Gasteiger partial charge in [0.1, 0.15) is 18.1 Å². The van der Waals surface area contributed by atoms with E-state index in [1.54, 1.807) is 6.92 Å². The molecule has 0 bridgehead atoms. The van der Waals surface area contributed by atoms with E-state index >= 15 is 0 Å². The maximum absolute atomic E-state index is 12.6. The number of carbonyl (C=O) groups excluding carboxylic acids is 6. The van der Waals surface area contributed by atoms with Gasteiger partial charge in [0, 0.05) is 20.1 Å². The molecule has 200 valence electrons. The molecule has 35 heavy (non-hydrogen) atoms. The number of carbonyl (C=O) groups is 6. The van der Waals surface area contributed by atoms with E-state index in [1.165, 1.54) is 13.8 Å². The van der Waals surface area contributed by atoms with Crippen molar-refractivity contribution in [2.24, 2.45) is 5.92 Å². The molecule has 0 aliphatic rings. The highest BCUT2D eigenvalue weighted by molar-refractivity contribution is 6.38. The molecule has 5 amide bonds. The summed E-state index contributed by atoms with van der Waals surface area (Å²) in [5.41, 5.74) is 0. The summed E-state index contributed by atoms with van der Waals surface area (Å²) in [5, 5.41) is 39.4. The molecule has 0 aromatic carbocycles. The van der Waals surface area contributed by atoms with Gasteiger partial charge in [-0.2, -0.15) is 0 Å². The third-order valence-corrected chi connectivity index (χ3v) is 5.02. The molecule has 0 aliphatic carbocycles. The zero-order valence-electron chi connectivity index (χ0n) is 20.4. The molecule has 0 rings (SSSR count). The lowest BCUT2D eigenvalue weighted by molar-refractivity contribution is -0.140. The Morgan fingerprint density at radius 3 is 1.97 bits per heavy atom. The molecule has 0 aliphatic heterocycles. The van der Waals surface area contributed by atoms with E-state index in [1.807, 2.05) is 6.92 Å². The summed E-state index contributed by atoms with van der Waals surface area (Å²) >= 11 is 0. The fourth-order valence-corrected chi connectivity index (χ4v) is 2.81. The van der Waals surface area contributed by atoms with Gasteiger partial charge >= 0.3 is 0 Å². The van der Waals surface area contributed by atoms with Crippen LogP contribution < -0.4 is 26.6 Å². The summed E-state index contributed by atoms with van der Waals surface area (Å²) < 4.78 is 0. The lowest BCUT2D eigenvalue weighted by Crippen LogP contribution is -2.59. The molecule has 8 N–H and O–H groups in total. The van der Waals surface area contributed by atoms with Gasteiger partial charge in [-0.15, -0.1) is 0 Å². The van der Waals surface area contributed by atoms with E-state index in [4.69, 9.17) is 5.11 Å². The molecule has 0 heterocycles. The molecule has 0 fully saturated rings. The number of amides is 5. The lowest BCUT2D eigenvalue weighted by atomic mass is 9.97. The average molecular weight is 504 g/mol.